The van der Waals surface area contributed by atoms with Gasteiger partial charge in [-0.3, -0.25) is 55.9 Å². The SMILES string of the molecule is Cc1cn2cc(-c3cc(=O)n4cc(C5CCNCC5)ccc4n3)ccc2n1.Cc1cn2cc(-c3cc(=O)n4cc(N5CCC(N6CCCC6)CC5)ccc4n3)ccc2n1.Cc1cn2nc(-c3cc(=O)n4cc(N5CCN(C)CC5)ccc4n3)cc2cn1.Cc1cn2nc(-c3cc(=O)n4cc(N5CCN[C@@H](C)C5)ccc4n3)cc2cn1.Cc1nc2ccc(-c3cc(=O)n4cc(C5CCN(C)CC5)ccc4n3)cc2s1. The van der Waals surface area contributed by atoms with Gasteiger partial charge >= 0.3 is 0 Å². The molecule has 20 aromatic rings. The standard InChI is InChI=1S/C25H28N6O.C22H22N4OS.C21H21N5O.2C20H21N7O/c1-18-15-30-16-19(4-6-23(30)26-18)22-14-25(32)31-17-21(5-7-24(31)27-22)29-12-8-20(9-13-29)28-10-2-3-11-28;1-14-23-18-5-3-16(11-20(18)28-14)19-12-22(27)26-13-17(4-6-21(26)24-19)15-7-9-25(2)10-8-15;1-14-11-25-12-17(3-4-19(25)23-14)18-10-21(27)26-13-16(2-5-20(26)24-18)15-6-8-22-9-7-15;1-14-12-27-16(11-21-14)9-18(23-27)17-10-20(28)26-13-15(3-4-19(26)22-17)25-7-5-24(2)6-8-25;1-13-10-25(6-5-21-13)15-3-4-19-23-17(8-20(28)26(19)12-15)18-7-16-9-22-14(2)11-27(16)24-18/h4-7,14-17,20H,2-3,8-13H2,1H3;3-6,11-13,15H,7-10H2,1-2H3;2-5,10-13,15,22H,6-9H2,1H3;3-4,9-13H,5-8H2,1-2H3;3-4,7-9,11-13,21H,5-6,10H2,1-2H3/t;;;;13-/m....0/s1. The van der Waals surface area contributed by atoms with E-state index >= 15 is 0 Å². The first-order chi connectivity index (χ1) is 69.5. The third-order valence-electron chi connectivity index (χ3n) is 28.4. The molecule has 0 spiro atoms. The van der Waals surface area contributed by atoms with E-state index in [0.29, 0.717) is 86.0 Å². The summed E-state index contributed by atoms with van der Waals surface area (Å²) in [6, 6.07) is 46.9. The van der Waals surface area contributed by atoms with E-state index < -0.39 is 0 Å². The summed E-state index contributed by atoms with van der Waals surface area (Å²) < 4.78 is 16.8. The molecule has 25 heterocycles. The Morgan fingerprint density at radius 2 is 0.769 bits per heavy atom. The van der Waals surface area contributed by atoms with Gasteiger partial charge in [0, 0.05) is 174 Å². The number of imidazole rings is 2. The highest BCUT2D eigenvalue weighted by atomic mass is 32.1. The van der Waals surface area contributed by atoms with Crippen LogP contribution in [0.3, 0.4) is 0 Å². The molecule has 2 N–H and O–H groups in total. The van der Waals surface area contributed by atoms with Crippen molar-refractivity contribution < 1.29 is 0 Å². The highest BCUT2D eigenvalue weighted by molar-refractivity contribution is 7.18. The average molecular weight is 1930 g/mol. The average Bonchev–Trinajstić information content (AvgIpc) is 1.74. The summed E-state index contributed by atoms with van der Waals surface area (Å²) in [7, 11) is 4.29. The number of rotatable bonds is 11. The molecule has 0 bridgehead atoms. The van der Waals surface area contributed by atoms with Gasteiger partial charge in [0.15, 0.2) is 0 Å². The van der Waals surface area contributed by atoms with Gasteiger partial charge in [0.25, 0.3) is 27.8 Å². The molecule has 0 amide bonds. The summed E-state index contributed by atoms with van der Waals surface area (Å²) in [4.78, 5) is 124. The summed E-state index contributed by atoms with van der Waals surface area (Å²) in [5, 5.41) is 16.9. The van der Waals surface area contributed by atoms with Crippen molar-refractivity contribution in [3.05, 3.63) is 317 Å². The van der Waals surface area contributed by atoms with E-state index in [1.54, 1.807) is 85.1 Å². The van der Waals surface area contributed by atoms with Crippen molar-refractivity contribution in [2.75, 3.05) is 127 Å². The Hall–Kier alpha value is -15.3. The summed E-state index contributed by atoms with van der Waals surface area (Å²) in [5.41, 5.74) is 24.0. The molecule has 0 aliphatic carbocycles. The number of aryl methyl sites for hydroxylation is 5. The highest BCUT2D eigenvalue weighted by Crippen LogP contribution is 2.34. The highest BCUT2D eigenvalue weighted by Gasteiger charge is 2.29. The van der Waals surface area contributed by atoms with Crippen molar-refractivity contribution >= 4 is 89.2 Å². The maximum Gasteiger partial charge on any atom is 0.258 e. The van der Waals surface area contributed by atoms with Crippen molar-refractivity contribution in [1.29, 1.82) is 0 Å². The van der Waals surface area contributed by atoms with Crippen LogP contribution in [0.5, 0.6) is 0 Å². The largest absolute Gasteiger partial charge is 0.370 e. The van der Waals surface area contributed by atoms with Crippen molar-refractivity contribution in [2.24, 2.45) is 0 Å². The lowest BCUT2D eigenvalue weighted by atomic mass is 9.91. The molecule has 34 nitrogen and oxygen atoms in total. The lowest BCUT2D eigenvalue weighted by Crippen LogP contribution is -2.49. The van der Waals surface area contributed by atoms with Gasteiger partial charge in [-0.15, -0.1) is 11.3 Å². The van der Waals surface area contributed by atoms with Crippen LogP contribution in [0, 0.1) is 34.6 Å². The predicted molar refractivity (Wildman–Crippen MR) is 562 cm³/mol. The van der Waals surface area contributed by atoms with Crippen molar-refractivity contribution in [3.8, 4) is 56.5 Å². The normalized spacial score (nSPS) is 16.7. The van der Waals surface area contributed by atoms with Crippen LogP contribution in [0.2, 0.25) is 0 Å². The number of piperazine rings is 2. The zero-order chi connectivity index (χ0) is 97.8. The molecule has 6 aliphatic rings. The van der Waals surface area contributed by atoms with Gasteiger partial charge in [0.1, 0.15) is 50.9 Å². The summed E-state index contributed by atoms with van der Waals surface area (Å²) in [6.07, 6.45) is 34.4. The van der Waals surface area contributed by atoms with Crippen molar-refractivity contribution in [2.45, 2.75) is 117 Å². The number of piperidine rings is 3. The zero-order valence-electron chi connectivity index (χ0n) is 81.5. The Morgan fingerprint density at radius 3 is 1.27 bits per heavy atom. The van der Waals surface area contributed by atoms with Gasteiger partial charge in [0.05, 0.1) is 119 Å². The van der Waals surface area contributed by atoms with E-state index in [2.05, 4.69) is 130 Å². The molecule has 1 atom stereocenters. The predicted octanol–water partition coefficient (Wildman–Crippen LogP) is 13.2. The van der Waals surface area contributed by atoms with Gasteiger partial charge in [0.2, 0.25) is 0 Å². The zero-order valence-corrected chi connectivity index (χ0v) is 82.3. The molecule has 6 aliphatic heterocycles. The van der Waals surface area contributed by atoms with E-state index in [9.17, 15) is 24.0 Å². The molecule has 0 unspecified atom stereocenters. The molecule has 1 aromatic carbocycles. The van der Waals surface area contributed by atoms with Crippen LogP contribution in [0.25, 0.3) is 117 Å². The van der Waals surface area contributed by atoms with E-state index in [1.165, 1.54) is 49.9 Å². The number of aromatic nitrogens is 21. The number of fused-ring (bicyclic) bond motifs is 10. The van der Waals surface area contributed by atoms with Crippen LogP contribution in [-0.4, -0.2) is 239 Å². The Labute approximate surface area is 826 Å². The number of thiazole rings is 1. The van der Waals surface area contributed by atoms with Gasteiger partial charge in [-0.05, 0) is 266 Å². The number of likely N-dealkylation sites (tertiary alicyclic amines) is 2. The number of nitrogens with zero attached hydrogens (tertiary/aromatic N) is 27. The third kappa shape index (κ3) is 20.0. The van der Waals surface area contributed by atoms with Gasteiger partial charge < -0.3 is 48.8 Å². The molecule has 0 radical (unpaired) electrons. The minimum Gasteiger partial charge on any atom is -0.370 e. The van der Waals surface area contributed by atoms with Gasteiger partial charge in [-0.25, -0.2) is 48.9 Å². The smallest absolute Gasteiger partial charge is 0.258 e. The monoisotopic (exact) mass is 1930 g/mol. The second-order valence-electron chi connectivity index (χ2n) is 38.7. The molecule has 19 aromatic heterocycles. The first-order valence-electron chi connectivity index (χ1n) is 49.4. The van der Waals surface area contributed by atoms with Crippen LogP contribution >= 0.6 is 11.3 Å². The van der Waals surface area contributed by atoms with E-state index in [-0.39, 0.29) is 27.8 Å². The Balaban J connectivity index is 0.000000102. The topological polar surface area (TPSA) is 323 Å². The first-order valence-corrected chi connectivity index (χ1v) is 50.2. The molecule has 26 rings (SSSR count). The Morgan fingerprint density at radius 1 is 0.343 bits per heavy atom. The molecular formula is C108H113N29O5S. The lowest BCUT2D eigenvalue weighted by Gasteiger charge is -2.37. The Kier molecular flexibility index (Phi) is 25.7. The number of pyridine rings is 7. The number of hydrogen-bond acceptors (Lipinski definition) is 26. The number of hydrogen-bond donors (Lipinski definition) is 2. The van der Waals surface area contributed by atoms with Crippen molar-refractivity contribution in [1.82, 2.24) is 125 Å². The Bertz CT molecular complexity index is 8430. The fourth-order valence-corrected chi connectivity index (χ4v) is 21.4. The molecule has 726 valence electrons. The summed E-state index contributed by atoms with van der Waals surface area (Å²) >= 11 is 1.66. The molecule has 35 heteroatoms. The maximum absolute atomic E-state index is 13.0. The van der Waals surface area contributed by atoms with E-state index in [4.69, 9.17) is 15.0 Å². The van der Waals surface area contributed by atoms with Gasteiger partial charge in [-0.1, -0.05) is 18.2 Å². The van der Waals surface area contributed by atoms with E-state index in [1.807, 2.05) is 203 Å². The fraction of sp³-hybridized carbons (Fsp3) is 0.324. The maximum atomic E-state index is 13.0. The third-order valence-corrected chi connectivity index (χ3v) is 29.3. The number of nitrogens with one attached hydrogen (secondary N) is 2. The van der Waals surface area contributed by atoms with Gasteiger partial charge in [-0.2, -0.15) is 10.2 Å². The minimum atomic E-state index is -0.114. The molecule has 6 fully saturated rings. The fourth-order valence-electron chi connectivity index (χ4n) is 20.6. The molecular weight excluding hydrogens is 1820 g/mol. The van der Waals surface area contributed by atoms with Crippen LogP contribution in [0.4, 0.5) is 17.1 Å². The minimum absolute atomic E-state index is 0.0321. The number of likely N-dealkylation sites (N-methyl/N-ethyl adjacent to an activating group) is 1. The molecule has 0 saturated carbocycles. The number of anilines is 3. The quantitative estimate of drug-likeness (QED) is 0.121. The van der Waals surface area contributed by atoms with Crippen LogP contribution in [0.15, 0.2) is 250 Å². The number of benzene rings is 1. The summed E-state index contributed by atoms with van der Waals surface area (Å²) in [5.74, 6) is 1.03. The molecule has 6 saturated heterocycles. The first kappa shape index (κ1) is 92.7. The van der Waals surface area contributed by atoms with Crippen molar-refractivity contribution in [3.63, 3.8) is 0 Å². The van der Waals surface area contributed by atoms with Crippen LogP contribution < -0.4 is 53.1 Å². The second-order valence-corrected chi connectivity index (χ2v) is 39.9. The van der Waals surface area contributed by atoms with E-state index in [0.717, 1.165) is 211 Å². The lowest BCUT2D eigenvalue weighted by molar-refractivity contribution is 0.208. The second kappa shape index (κ2) is 39.7. The van der Waals surface area contributed by atoms with Crippen LogP contribution in [-0.2, 0) is 0 Å². The molecule has 143 heavy (non-hydrogen) atoms. The van der Waals surface area contributed by atoms with Crippen LogP contribution in [0.1, 0.15) is 109 Å². The summed E-state index contributed by atoms with van der Waals surface area (Å²) in [6.45, 7) is 27.5.